The molecule has 0 radical (unpaired) electrons. The van der Waals surface area contributed by atoms with E-state index in [1.54, 1.807) is 62.4 Å². The van der Waals surface area contributed by atoms with Crippen molar-refractivity contribution in [3.8, 4) is 0 Å². The Bertz CT molecular complexity index is 1030. The molecule has 4 heteroatoms. The predicted molar refractivity (Wildman–Crippen MR) is 104 cm³/mol. The molecule has 0 aliphatic heterocycles. The lowest BCUT2D eigenvalue weighted by Crippen LogP contribution is -2.04. The number of ketones is 2. The van der Waals surface area contributed by atoms with Crippen molar-refractivity contribution in [3.05, 3.63) is 82.1 Å². The first-order valence-electron chi connectivity index (χ1n) is 7.90. The van der Waals surface area contributed by atoms with Crippen molar-refractivity contribution in [1.82, 2.24) is 0 Å². The molecule has 0 saturated heterocycles. The zero-order valence-corrected chi connectivity index (χ0v) is 14.7. The van der Waals surface area contributed by atoms with Gasteiger partial charge in [0.2, 0.25) is 0 Å². The first kappa shape index (κ1) is 17.0. The van der Waals surface area contributed by atoms with E-state index in [1.807, 2.05) is 0 Å². The molecule has 0 aliphatic rings. The van der Waals surface area contributed by atoms with Crippen LogP contribution in [0.5, 0.6) is 0 Å². The van der Waals surface area contributed by atoms with Crippen molar-refractivity contribution < 1.29 is 9.59 Å². The number of fused-ring (bicyclic) bond motifs is 2. The van der Waals surface area contributed by atoms with Gasteiger partial charge in [0.15, 0.2) is 17.0 Å². The van der Waals surface area contributed by atoms with E-state index in [0.717, 1.165) is 9.40 Å². The Morgan fingerprint density at radius 2 is 1.24 bits per heavy atom. The number of rotatable bonds is 4. The van der Waals surface area contributed by atoms with Crippen LogP contribution >= 0.6 is 11.3 Å². The van der Waals surface area contributed by atoms with Gasteiger partial charge >= 0.3 is 0 Å². The Morgan fingerprint density at radius 1 is 0.800 bits per heavy atom. The summed E-state index contributed by atoms with van der Waals surface area (Å²) in [4.78, 5) is 37.0. The van der Waals surface area contributed by atoms with E-state index < -0.39 is 0 Å². The molecule has 1 heterocycles. The summed E-state index contributed by atoms with van der Waals surface area (Å²) in [7, 11) is 0. The summed E-state index contributed by atoms with van der Waals surface area (Å²) in [5.74, 6) is -0.267. The summed E-state index contributed by atoms with van der Waals surface area (Å²) in [5.41, 5.74) is 0.805. The molecule has 25 heavy (non-hydrogen) atoms. The molecule has 1 aromatic heterocycles. The minimum atomic E-state index is -0.158. The van der Waals surface area contributed by atoms with Crippen LogP contribution in [0, 0.1) is 0 Å². The van der Waals surface area contributed by atoms with E-state index in [1.165, 1.54) is 23.5 Å². The summed E-state index contributed by atoms with van der Waals surface area (Å²) < 4.78 is 1.64. The highest BCUT2D eigenvalue weighted by Gasteiger charge is 2.11. The lowest BCUT2D eigenvalue weighted by atomic mass is 10.0. The summed E-state index contributed by atoms with van der Waals surface area (Å²) in [6.07, 6.45) is 6.30. The highest BCUT2D eigenvalue weighted by molar-refractivity contribution is 7.24. The van der Waals surface area contributed by atoms with Crippen LogP contribution in [0.2, 0.25) is 0 Å². The molecule has 0 saturated carbocycles. The van der Waals surface area contributed by atoms with Gasteiger partial charge in [0, 0.05) is 31.3 Å². The van der Waals surface area contributed by atoms with Crippen molar-refractivity contribution in [2.45, 2.75) is 13.8 Å². The van der Waals surface area contributed by atoms with Crippen molar-refractivity contribution in [1.29, 1.82) is 0 Å². The lowest BCUT2D eigenvalue weighted by Gasteiger charge is -2.04. The van der Waals surface area contributed by atoms with Crippen LogP contribution in [-0.2, 0) is 0 Å². The van der Waals surface area contributed by atoms with Crippen LogP contribution in [0.1, 0.15) is 34.6 Å². The minimum Gasteiger partial charge on any atom is -0.289 e. The van der Waals surface area contributed by atoms with Crippen LogP contribution in [0.4, 0.5) is 0 Å². The summed E-state index contributed by atoms with van der Waals surface area (Å²) in [6, 6.07) is 10.3. The third kappa shape index (κ3) is 3.21. The largest absolute Gasteiger partial charge is 0.289 e. The number of carbonyl (C=O) groups is 2. The molecule has 3 aromatic rings. The third-order valence-electron chi connectivity index (χ3n) is 3.87. The van der Waals surface area contributed by atoms with Crippen molar-refractivity contribution in [2.24, 2.45) is 0 Å². The first-order valence-corrected chi connectivity index (χ1v) is 8.71. The zero-order valence-electron chi connectivity index (χ0n) is 13.9. The molecule has 3 nitrogen and oxygen atoms in total. The van der Waals surface area contributed by atoms with Crippen LogP contribution in [-0.4, -0.2) is 11.6 Å². The van der Waals surface area contributed by atoms with E-state index in [-0.39, 0.29) is 17.0 Å². The summed E-state index contributed by atoms with van der Waals surface area (Å²) in [5, 5.41) is 1.01. The summed E-state index contributed by atoms with van der Waals surface area (Å²) in [6.45, 7) is 3.55. The van der Waals surface area contributed by atoms with Gasteiger partial charge in [-0.1, -0.05) is 12.2 Å². The molecule has 124 valence electrons. The topological polar surface area (TPSA) is 51.2 Å². The average molecular weight is 348 g/mol. The van der Waals surface area contributed by atoms with Gasteiger partial charge in [0.25, 0.3) is 0 Å². The zero-order chi connectivity index (χ0) is 18.0. The molecule has 0 fully saturated rings. The molecule has 0 aliphatic carbocycles. The van der Waals surface area contributed by atoms with Gasteiger partial charge in [0.1, 0.15) is 0 Å². The van der Waals surface area contributed by atoms with Crippen molar-refractivity contribution in [2.75, 3.05) is 0 Å². The number of hydrogen-bond donors (Lipinski definition) is 0. The Balaban J connectivity index is 2.26. The number of hydrogen-bond acceptors (Lipinski definition) is 4. The maximum Gasteiger partial charge on any atom is 0.195 e. The molecule has 0 unspecified atom stereocenters. The lowest BCUT2D eigenvalue weighted by molar-refractivity contribution is 0.103. The van der Waals surface area contributed by atoms with Gasteiger partial charge in [0.05, 0.1) is 0 Å². The average Bonchev–Trinajstić information content (AvgIpc) is 2.62. The monoisotopic (exact) mass is 348 g/mol. The third-order valence-corrected chi connectivity index (χ3v) is 5.03. The van der Waals surface area contributed by atoms with E-state index in [2.05, 4.69) is 0 Å². The standard InChI is InChI=1S/C21H16O3S/c1-3-5-17(22)13-7-9-19-15(11-13)21(24)16-12-14(18(23)6-4-2)8-10-20(16)25-19/h3-12H,1-2H3. The van der Waals surface area contributed by atoms with Crippen LogP contribution in [0.25, 0.3) is 20.2 Å². The van der Waals surface area contributed by atoms with Gasteiger partial charge in [-0.3, -0.25) is 14.4 Å². The van der Waals surface area contributed by atoms with Crippen LogP contribution in [0.3, 0.4) is 0 Å². The number of allylic oxidation sites excluding steroid dienone is 4. The molecule has 0 spiro atoms. The van der Waals surface area contributed by atoms with Gasteiger partial charge in [-0.25, -0.2) is 0 Å². The fourth-order valence-electron chi connectivity index (χ4n) is 2.66. The van der Waals surface area contributed by atoms with Gasteiger partial charge in [-0.05, 0) is 62.4 Å². The maximum absolute atomic E-state index is 12.9. The molecule has 3 rings (SSSR count). The maximum atomic E-state index is 12.9. The smallest absolute Gasteiger partial charge is 0.195 e. The van der Waals surface area contributed by atoms with Crippen molar-refractivity contribution in [3.63, 3.8) is 0 Å². The quantitative estimate of drug-likeness (QED) is 0.381. The molecule has 0 atom stereocenters. The molecule has 2 aromatic carbocycles. The van der Waals surface area contributed by atoms with Gasteiger partial charge in [-0.15, -0.1) is 11.3 Å². The second kappa shape index (κ2) is 6.95. The number of carbonyl (C=O) groups excluding carboxylic acids is 2. The van der Waals surface area contributed by atoms with Crippen molar-refractivity contribution >= 4 is 43.1 Å². The Labute approximate surface area is 148 Å². The Hall–Kier alpha value is -2.85. The minimum absolute atomic E-state index is 0.133. The first-order chi connectivity index (χ1) is 12.0. The van der Waals surface area contributed by atoms with E-state index in [0.29, 0.717) is 21.9 Å². The second-order valence-electron chi connectivity index (χ2n) is 5.58. The normalized spacial score (nSPS) is 11.8. The van der Waals surface area contributed by atoms with E-state index in [4.69, 9.17) is 0 Å². The molecular weight excluding hydrogens is 332 g/mol. The highest BCUT2D eigenvalue weighted by Crippen LogP contribution is 2.26. The van der Waals surface area contributed by atoms with Gasteiger partial charge < -0.3 is 0 Å². The van der Waals surface area contributed by atoms with E-state index in [9.17, 15) is 14.4 Å². The SMILES string of the molecule is CC=CC(=O)c1ccc2sc3ccc(C(=O)C=CC)cc3c(=O)c2c1. The molecule has 0 bridgehead atoms. The predicted octanol–water partition coefficient (Wildman–Crippen LogP) is 4.93. The fourth-order valence-corrected chi connectivity index (χ4v) is 3.69. The molecular formula is C21H16O3S. The number of benzene rings is 2. The fraction of sp³-hybridized carbons (Fsp3) is 0.0952. The van der Waals surface area contributed by atoms with E-state index >= 15 is 0 Å². The Kier molecular flexibility index (Phi) is 4.72. The second-order valence-corrected chi connectivity index (χ2v) is 6.67. The molecule has 0 amide bonds. The highest BCUT2D eigenvalue weighted by atomic mass is 32.1. The van der Waals surface area contributed by atoms with Crippen LogP contribution < -0.4 is 5.43 Å². The molecule has 0 N–H and O–H groups in total. The Morgan fingerprint density at radius 3 is 1.64 bits per heavy atom. The van der Waals surface area contributed by atoms with Gasteiger partial charge in [-0.2, -0.15) is 0 Å². The summed E-state index contributed by atoms with van der Waals surface area (Å²) >= 11 is 1.47. The van der Waals surface area contributed by atoms with Crippen LogP contribution in [0.15, 0.2) is 65.5 Å².